The Kier molecular flexibility index (Phi) is 5.01. The quantitative estimate of drug-likeness (QED) is 0.604. The third-order valence-electron chi connectivity index (χ3n) is 4.35. The summed E-state index contributed by atoms with van der Waals surface area (Å²) in [5.41, 5.74) is 4.22. The van der Waals surface area contributed by atoms with Crippen molar-refractivity contribution in [1.29, 1.82) is 0 Å². The molecule has 0 saturated carbocycles. The summed E-state index contributed by atoms with van der Waals surface area (Å²) in [6.07, 6.45) is 3.87. The lowest BCUT2D eigenvalue weighted by Gasteiger charge is -2.20. The number of fused-ring (bicyclic) bond motifs is 1. The first kappa shape index (κ1) is 16.7. The van der Waals surface area contributed by atoms with Gasteiger partial charge in [0.2, 0.25) is 0 Å². The molecule has 0 aliphatic heterocycles. The average Bonchev–Trinajstić information content (AvgIpc) is 2.62. The van der Waals surface area contributed by atoms with Crippen molar-refractivity contribution in [1.82, 2.24) is 4.98 Å². The lowest BCUT2D eigenvalue weighted by molar-refractivity contribution is 0.578. The number of aromatic nitrogens is 1. The molecule has 2 aromatic carbocycles. The van der Waals surface area contributed by atoms with E-state index in [0.717, 1.165) is 23.0 Å². The van der Waals surface area contributed by atoms with E-state index in [0.29, 0.717) is 12.3 Å². The van der Waals surface area contributed by atoms with E-state index >= 15 is 0 Å². The van der Waals surface area contributed by atoms with Gasteiger partial charge in [0.05, 0.1) is 11.2 Å². The van der Waals surface area contributed by atoms with Gasteiger partial charge < -0.3 is 9.65 Å². The maximum absolute atomic E-state index is 13.3. The van der Waals surface area contributed by atoms with Crippen LogP contribution in [0.3, 0.4) is 0 Å². The van der Waals surface area contributed by atoms with Gasteiger partial charge in [-0.15, -0.1) is 0 Å². The Bertz CT molecular complexity index is 869. The average molecular weight is 338 g/mol. The largest absolute Gasteiger partial charge is 0.334 e. The van der Waals surface area contributed by atoms with Gasteiger partial charge >= 0.3 is 0 Å². The van der Waals surface area contributed by atoms with Gasteiger partial charge in [-0.05, 0) is 31.0 Å². The van der Waals surface area contributed by atoms with Gasteiger partial charge in [0.15, 0.2) is 7.29 Å². The van der Waals surface area contributed by atoms with Crippen molar-refractivity contribution in [2.24, 2.45) is 0 Å². The lowest BCUT2D eigenvalue weighted by Crippen LogP contribution is -2.06. The minimum absolute atomic E-state index is 0.627. The van der Waals surface area contributed by atoms with E-state index in [9.17, 15) is 4.57 Å². The van der Waals surface area contributed by atoms with Crippen molar-refractivity contribution in [2.45, 2.75) is 20.3 Å². The van der Waals surface area contributed by atoms with Crippen molar-refractivity contribution >= 4 is 23.9 Å². The molecule has 1 aromatic heterocycles. The Balaban J connectivity index is 1.79. The van der Waals surface area contributed by atoms with Crippen LogP contribution in [-0.2, 0) is 11.0 Å². The number of anilines is 1. The molecule has 0 bridgehead atoms. The highest BCUT2D eigenvalue weighted by Crippen LogP contribution is 2.46. The van der Waals surface area contributed by atoms with Gasteiger partial charge in [0, 0.05) is 23.9 Å². The van der Waals surface area contributed by atoms with Crippen molar-refractivity contribution < 1.29 is 4.57 Å². The minimum Gasteiger partial charge on any atom is -0.334 e. The van der Waals surface area contributed by atoms with Gasteiger partial charge in [-0.1, -0.05) is 55.0 Å². The van der Waals surface area contributed by atoms with E-state index in [1.165, 1.54) is 11.1 Å². The molecule has 124 valence electrons. The number of benzene rings is 2. The molecule has 24 heavy (non-hydrogen) atoms. The molecule has 1 N–H and O–H groups in total. The number of para-hydroxylation sites is 1. The number of rotatable bonds is 6. The minimum atomic E-state index is -2.49. The van der Waals surface area contributed by atoms with E-state index in [2.05, 4.69) is 41.3 Å². The fourth-order valence-corrected chi connectivity index (χ4v) is 4.60. The van der Waals surface area contributed by atoms with Gasteiger partial charge in [0.1, 0.15) is 0 Å². The molecule has 0 radical (unpaired) electrons. The number of nitrogens with zero attached hydrogens (tertiary/aromatic N) is 1. The third kappa shape index (κ3) is 3.85. The van der Waals surface area contributed by atoms with Crippen LogP contribution in [-0.4, -0.2) is 17.3 Å². The molecular weight excluding hydrogens is 315 g/mol. The monoisotopic (exact) mass is 338 g/mol. The number of hydrogen-bond donors (Lipinski definition) is 1. The summed E-state index contributed by atoms with van der Waals surface area (Å²) in [4.78, 5) is 4.44. The highest BCUT2D eigenvalue weighted by molar-refractivity contribution is 7.65. The lowest BCUT2D eigenvalue weighted by atomic mass is 10.1. The normalized spacial score (nSPS) is 13.6. The number of pyridine rings is 1. The van der Waals surface area contributed by atoms with Crippen LogP contribution >= 0.6 is 7.29 Å². The fourth-order valence-electron chi connectivity index (χ4n) is 2.77. The summed E-state index contributed by atoms with van der Waals surface area (Å²) in [5, 5.41) is 4.38. The summed E-state index contributed by atoms with van der Waals surface area (Å²) < 4.78 is 13.3. The van der Waals surface area contributed by atoms with Gasteiger partial charge in [-0.3, -0.25) is 4.98 Å². The second-order valence-electron chi connectivity index (χ2n) is 6.16. The second kappa shape index (κ2) is 7.19. The van der Waals surface area contributed by atoms with Gasteiger partial charge in [-0.25, -0.2) is 0 Å². The molecule has 0 aliphatic carbocycles. The van der Waals surface area contributed by atoms with Crippen LogP contribution < -0.4 is 5.09 Å². The van der Waals surface area contributed by atoms with Crippen LogP contribution in [0.25, 0.3) is 10.9 Å². The summed E-state index contributed by atoms with van der Waals surface area (Å²) in [5.74, 6) is 0. The smallest absolute Gasteiger partial charge is 0.170 e. The molecule has 4 heteroatoms. The first-order valence-electron chi connectivity index (χ1n) is 8.35. The Morgan fingerprint density at radius 3 is 2.54 bits per heavy atom. The Labute approximate surface area is 143 Å². The molecule has 0 fully saturated rings. The summed E-state index contributed by atoms with van der Waals surface area (Å²) in [7, 11) is -2.49. The zero-order valence-electron chi connectivity index (χ0n) is 14.2. The van der Waals surface area contributed by atoms with Crippen LogP contribution in [0.15, 0.2) is 60.8 Å². The summed E-state index contributed by atoms with van der Waals surface area (Å²) >= 11 is 0. The van der Waals surface area contributed by atoms with E-state index < -0.39 is 7.29 Å². The summed E-state index contributed by atoms with van der Waals surface area (Å²) in [6.45, 7) is 4.07. The van der Waals surface area contributed by atoms with Crippen molar-refractivity contribution in [2.75, 3.05) is 17.4 Å². The fraction of sp³-hybridized carbons (Fsp3) is 0.250. The second-order valence-corrected chi connectivity index (χ2v) is 9.24. The highest BCUT2D eigenvalue weighted by atomic mass is 31.2. The van der Waals surface area contributed by atoms with E-state index in [1.54, 1.807) is 6.20 Å². The van der Waals surface area contributed by atoms with Crippen molar-refractivity contribution in [3.63, 3.8) is 0 Å². The molecule has 3 aromatic rings. The molecule has 0 spiro atoms. The zero-order chi connectivity index (χ0) is 17.0. The third-order valence-corrected chi connectivity index (χ3v) is 6.97. The van der Waals surface area contributed by atoms with Crippen LogP contribution in [0.4, 0.5) is 5.69 Å². The van der Waals surface area contributed by atoms with E-state index in [4.69, 9.17) is 0 Å². The Morgan fingerprint density at radius 1 is 1.04 bits per heavy atom. The van der Waals surface area contributed by atoms with E-state index in [-0.39, 0.29) is 0 Å². The Morgan fingerprint density at radius 2 is 1.79 bits per heavy atom. The van der Waals surface area contributed by atoms with Crippen molar-refractivity contribution in [3.05, 3.63) is 71.9 Å². The molecule has 0 aliphatic rings. The first-order valence-corrected chi connectivity index (χ1v) is 10.4. The highest BCUT2D eigenvalue weighted by Gasteiger charge is 2.20. The first-order chi connectivity index (χ1) is 11.6. The Hall–Kier alpha value is -2.12. The van der Waals surface area contributed by atoms with E-state index in [1.807, 2.05) is 37.3 Å². The van der Waals surface area contributed by atoms with Crippen LogP contribution in [0.2, 0.25) is 0 Å². The van der Waals surface area contributed by atoms with Crippen LogP contribution in [0.1, 0.15) is 18.1 Å². The maximum atomic E-state index is 13.3. The number of aryl methyl sites for hydroxylation is 2. The standard InChI is InChI=1S/C20H23N2OP/c1-3-24(23,15-13-17-11-9-16(2)10-12-17)22-19-8-4-6-18-7-5-14-21-20(18)19/h4-12,14H,3,13,15H2,1-2H3,(H,22,23). The topological polar surface area (TPSA) is 42.0 Å². The molecule has 0 saturated heterocycles. The molecule has 3 nitrogen and oxygen atoms in total. The maximum Gasteiger partial charge on any atom is 0.170 e. The number of nitrogens with one attached hydrogen (secondary N) is 1. The molecule has 1 unspecified atom stereocenters. The van der Waals surface area contributed by atoms with Gasteiger partial charge in [0.25, 0.3) is 0 Å². The molecule has 1 heterocycles. The molecule has 3 rings (SSSR count). The molecular formula is C20H23N2OP. The predicted molar refractivity (Wildman–Crippen MR) is 103 cm³/mol. The SMILES string of the molecule is CCP(=O)(CCc1ccc(C)cc1)Nc1cccc2cccnc12. The molecule has 1 atom stereocenters. The van der Waals surface area contributed by atoms with Crippen molar-refractivity contribution in [3.8, 4) is 0 Å². The van der Waals surface area contributed by atoms with Crippen LogP contribution in [0.5, 0.6) is 0 Å². The summed E-state index contributed by atoms with van der Waals surface area (Å²) in [6, 6.07) is 18.4. The van der Waals surface area contributed by atoms with Gasteiger partial charge in [-0.2, -0.15) is 0 Å². The predicted octanol–water partition coefficient (Wildman–Crippen LogP) is 5.50. The number of hydrogen-bond acceptors (Lipinski definition) is 2. The zero-order valence-corrected chi connectivity index (χ0v) is 15.1. The molecule has 0 amide bonds. The van der Waals surface area contributed by atoms with Crippen LogP contribution in [0, 0.1) is 6.92 Å².